The molecule has 0 saturated carbocycles. The summed E-state index contributed by atoms with van der Waals surface area (Å²) in [4.78, 5) is 40.6. The summed E-state index contributed by atoms with van der Waals surface area (Å²) in [5.74, 6) is -0.182. The summed E-state index contributed by atoms with van der Waals surface area (Å²) < 4.78 is 5.00. The molecule has 142 valence electrons. The van der Waals surface area contributed by atoms with Crippen LogP contribution in [0.4, 0.5) is 4.79 Å². The third-order valence-corrected chi connectivity index (χ3v) is 4.61. The molecule has 0 bridgehead atoms. The van der Waals surface area contributed by atoms with Crippen LogP contribution in [-0.2, 0) is 4.74 Å². The van der Waals surface area contributed by atoms with Crippen molar-refractivity contribution in [2.75, 3.05) is 19.7 Å². The summed E-state index contributed by atoms with van der Waals surface area (Å²) >= 11 is 0. The second-order valence-electron chi connectivity index (χ2n) is 6.43. The fraction of sp³-hybridized carbons (Fsp3) is 0.350. The van der Waals surface area contributed by atoms with E-state index in [2.05, 4.69) is 10.3 Å². The van der Waals surface area contributed by atoms with Gasteiger partial charge in [0.15, 0.2) is 0 Å². The third-order valence-electron chi connectivity index (χ3n) is 4.61. The van der Waals surface area contributed by atoms with Gasteiger partial charge in [0.1, 0.15) is 0 Å². The Bertz CT molecular complexity index is 869. The number of hydrogen-bond donors (Lipinski definition) is 2. The lowest BCUT2D eigenvalue weighted by Crippen LogP contribution is -2.46. The number of nitrogens with zero attached hydrogens (tertiary/aromatic N) is 1. The molecule has 2 N–H and O–H groups in total. The number of carbonyl (C=O) groups excluding carboxylic acids is 2. The van der Waals surface area contributed by atoms with Gasteiger partial charge in [-0.25, -0.2) is 4.79 Å². The molecule has 0 atom stereocenters. The van der Waals surface area contributed by atoms with Gasteiger partial charge in [0.25, 0.3) is 11.5 Å². The summed E-state index contributed by atoms with van der Waals surface area (Å²) in [6.07, 6.45) is 2.64. The second kappa shape index (κ2) is 8.53. The molecule has 2 aromatic rings. The van der Waals surface area contributed by atoms with Crippen LogP contribution in [-0.4, -0.2) is 47.6 Å². The molecular formula is C20H23N3O4. The highest BCUT2D eigenvalue weighted by molar-refractivity contribution is 5.95. The van der Waals surface area contributed by atoms with Crippen LogP contribution in [0.2, 0.25) is 0 Å². The van der Waals surface area contributed by atoms with Crippen molar-refractivity contribution >= 4 is 12.0 Å². The number of benzene rings is 1. The van der Waals surface area contributed by atoms with Gasteiger partial charge in [-0.05, 0) is 49.6 Å². The SMILES string of the molecule is CCOC(=O)N1CCC(NC(=O)c2cccc(-c3ccc[nH]c3=O)c2)CC1. The Hall–Kier alpha value is -3.09. The Morgan fingerprint density at radius 3 is 2.70 bits per heavy atom. The minimum atomic E-state index is -0.303. The number of aromatic amines is 1. The molecule has 3 rings (SSSR count). The van der Waals surface area contributed by atoms with E-state index in [0.717, 1.165) is 0 Å². The first kappa shape index (κ1) is 18.7. The third kappa shape index (κ3) is 4.55. The van der Waals surface area contributed by atoms with Gasteiger partial charge < -0.3 is 19.9 Å². The van der Waals surface area contributed by atoms with Crippen LogP contribution in [0.15, 0.2) is 47.4 Å². The second-order valence-corrected chi connectivity index (χ2v) is 6.43. The van der Waals surface area contributed by atoms with E-state index in [1.54, 1.807) is 54.4 Å². The average molecular weight is 369 g/mol. The first-order valence-corrected chi connectivity index (χ1v) is 9.09. The van der Waals surface area contributed by atoms with E-state index < -0.39 is 0 Å². The molecule has 0 spiro atoms. The van der Waals surface area contributed by atoms with Gasteiger partial charge in [-0.2, -0.15) is 0 Å². The zero-order chi connectivity index (χ0) is 19.2. The molecule has 7 heteroatoms. The lowest BCUT2D eigenvalue weighted by atomic mass is 10.0. The minimum absolute atomic E-state index is 0.00645. The molecule has 0 aliphatic carbocycles. The molecule has 1 aliphatic rings. The van der Waals surface area contributed by atoms with Gasteiger partial charge in [0.05, 0.1) is 6.61 Å². The quantitative estimate of drug-likeness (QED) is 0.866. The van der Waals surface area contributed by atoms with Crippen LogP contribution in [0.5, 0.6) is 0 Å². The standard InChI is InChI=1S/C20H23N3O4/c1-2-27-20(26)23-11-8-16(9-12-23)22-18(24)15-6-3-5-14(13-15)17-7-4-10-21-19(17)25/h3-7,10,13,16H,2,8-9,11-12H2,1H3,(H,21,25)(H,22,24). The van der Waals surface area contributed by atoms with Crippen LogP contribution >= 0.6 is 0 Å². The number of nitrogens with one attached hydrogen (secondary N) is 2. The van der Waals surface area contributed by atoms with Crippen LogP contribution in [0.1, 0.15) is 30.1 Å². The van der Waals surface area contributed by atoms with Gasteiger partial charge in [0, 0.05) is 36.5 Å². The number of H-pyrrole nitrogens is 1. The summed E-state index contributed by atoms with van der Waals surface area (Å²) in [5, 5.41) is 3.02. The Morgan fingerprint density at radius 2 is 2.00 bits per heavy atom. The van der Waals surface area contributed by atoms with E-state index in [1.807, 2.05) is 0 Å². The van der Waals surface area contributed by atoms with Crippen molar-refractivity contribution in [3.05, 3.63) is 58.5 Å². The molecule has 2 heterocycles. The molecule has 1 fully saturated rings. The number of carbonyl (C=O) groups is 2. The van der Waals surface area contributed by atoms with Crippen molar-refractivity contribution in [2.45, 2.75) is 25.8 Å². The molecule has 0 unspecified atom stereocenters. The molecule has 2 amide bonds. The van der Waals surface area contributed by atoms with Crippen molar-refractivity contribution in [3.63, 3.8) is 0 Å². The van der Waals surface area contributed by atoms with Gasteiger partial charge in [-0.15, -0.1) is 0 Å². The Kier molecular flexibility index (Phi) is 5.90. The van der Waals surface area contributed by atoms with Crippen LogP contribution in [0, 0.1) is 0 Å². The van der Waals surface area contributed by atoms with E-state index >= 15 is 0 Å². The fourth-order valence-corrected chi connectivity index (χ4v) is 3.17. The van der Waals surface area contributed by atoms with Crippen LogP contribution in [0.3, 0.4) is 0 Å². The van der Waals surface area contributed by atoms with Crippen molar-refractivity contribution in [1.82, 2.24) is 15.2 Å². The van der Waals surface area contributed by atoms with E-state index in [1.165, 1.54) is 0 Å². The number of pyridine rings is 1. The van der Waals surface area contributed by atoms with Crippen LogP contribution < -0.4 is 10.9 Å². The minimum Gasteiger partial charge on any atom is -0.450 e. The Labute approximate surface area is 157 Å². The zero-order valence-corrected chi connectivity index (χ0v) is 15.2. The number of likely N-dealkylation sites (tertiary alicyclic amines) is 1. The molecular weight excluding hydrogens is 346 g/mol. The van der Waals surface area contributed by atoms with Crippen molar-refractivity contribution < 1.29 is 14.3 Å². The van der Waals surface area contributed by atoms with Crippen molar-refractivity contribution in [1.29, 1.82) is 0 Å². The lowest BCUT2D eigenvalue weighted by molar-refractivity contribution is 0.0860. The molecule has 7 nitrogen and oxygen atoms in total. The maximum absolute atomic E-state index is 12.6. The summed E-state index contributed by atoms with van der Waals surface area (Å²) in [6.45, 7) is 3.25. The average Bonchev–Trinajstić information content (AvgIpc) is 2.69. The predicted molar refractivity (Wildman–Crippen MR) is 102 cm³/mol. The smallest absolute Gasteiger partial charge is 0.409 e. The Balaban J connectivity index is 1.63. The number of rotatable bonds is 4. The summed E-state index contributed by atoms with van der Waals surface area (Å²) in [6, 6.07) is 10.5. The molecule has 1 aromatic heterocycles. The largest absolute Gasteiger partial charge is 0.450 e. The highest BCUT2D eigenvalue weighted by Gasteiger charge is 2.24. The topological polar surface area (TPSA) is 91.5 Å². The number of hydrogen-bond acceptors (Lipinski definition) is 4. The van der Waals surface area contributed by atoms with Crippen LogP contribution in [0.25, 0.3) is 11.1 Å². The molecule has 1 aromatic carbocycles. The molecule has 1 aliphatic heterocycles. The lowest BCUT2D eigenvalue weighted by Gasteiger charge is -2.31. The van der Waals surface area contributed by atoms with E-state index in [9.17, 15) is 14.4 Å². The van der Waals surface area contributed by atoms with Gasteiger partial charge >= 0.3 is 6.09 Å². The predicted octanol–water partition coefficient (Wildman–Crippen LogP) is 2.39. The van der Waals surface area contributed by atoms with Crippen molar-refractivity contribution in [2.24, 2.45) is 0 Å². The number of ether oxygens (including phenoxy) is 1. The monoisotopic (exact) mass is 369 g/mol. The first-order chi connectivity index (χ1) is 13.1. The first-order valence-electron chi connectivity index (χ1n) is 9.09. The highest BCUT2D eigenvalue weighted by atomic mass is 16.6. The molecule has 1 saturated heterocycles. The van der Waals surface area contributed by atoms with E-state index in [4.69, 9.17) is 4.74 Å². The van der Waals surface area contributed by atoms with Crippen molar-refractivity contribution in [3.8, 4) is 11.1 Å². The van der Waals surface area contributed by atoms with E-state index in [-0.39, 0.29) is 23.6 Å². The maximum Gasteiger partial charge on any atom is 0.409 e. The highest BCUT2D eigenvalue weighted by Crippen LogP contribution is 2.17. The number of amides is 2. The van der Waals surface area contributed by atoms with Gasteiger partial charge in [-0.3, -0.25) is 9.59 Å². The normalized spacial score (nSPS) is 14.6. The summed E-state index contributed by atoms with van der Waals surface area (Å²) in [5.41, 5.74) is 1.53. The number of aromatic nitrogens is 1. The molecule has 0 radical (unpaired) electrons. The maximum atomic E-state index is 12.6. The van der Waals surface area contributed by atoms with E-state index in [0.29, 0.717) is 49.2 Å². The van der Waals surface area contributed by atoms with Gasteiger partial charge in [-0.1, -0.05) is 12.1 Å². The van der Waals surface area contributed by atoms with Gasteiger partial charge in [0.2, 0.25) is 0 Å². The summed E-state index contributed by atoms with van der Waals surface area (Å²) in [7, 11) is 0. The number of piperidine rings is 1. The fourth-order valence-electron chi connectivity index (χ4n) is 3.17. The Morgan fingerprint density at radius 1 is 1.22 bits per heavy atom. The molecule has 27 heavy (non-hydrogen) atoms. The zero-order valence-electron chi connectivity index (χ0n) is 15.2.